The molecule has 0 amide bonds. The predicted octanol–water partition coefficient (Wildman–Crippen LogP) is 1.64. The smallest absolute Gasteiger partial charge is 0.337 e. The molecule has 1 aliphatic heterocycles. The summed E-state index contributed by atoms with van der Waals surface area (Å²) < 4.78 is 15.6. The van der Waals surface area contributed by atoms with Gasteiger partial charge in [0.1, 0.15) is 24.2 Å². The van der Waals surface area contributed by atoms with Crippen LogP contribution in [-0.4, -0.2) is 78.6 Å². The highest BCUT2D eigenvalue weighted by atomic mass is 16.5. The van der Waals surface area contributed by atoms with Crippen molar-refractivity contribution in [2.24, 2.45) is 0 Å². The fourth-order valence-corrected chi connectivity index (χ4v) is 3.43. The molecular weight excluding hydrogens is 374 g/mol. The van der Waals surface area contributed by atoms with Gasteiger partial charge in [-0.05, 0) is 38.1 Å². The Morgan fingerprint density at radius 2 is 1.83 bits per heavy atom. The van der Waals surface area contributed by atoms with Gasteiger partial charge >= 0.3 is 5.97 Å². The van der Waals surface area contributed by atoms with Crippen molar-refractivity contribution < 1.29 is 23.9 Å². The maximum Gasteiger partial charge on any atom is 0.337 e. The number of β-amino-alcohol motifs (C(OH)–C–C–N with tert-alkyl or cyclic N) is 1. The van der Waals surface area contributed by atoms with Crippen molar-refractivity contribution in [1.82, 2.24) is 15.0 Å². The molecule has 3 rings (SSSR count). The predicted molar refractivity (Wildman–Crippen MR) is 107 cm³/mol. The number of carbonyl (C=O) groups excluding carboxylic acids is 1. The normalized spacial score (nSPS) is 16.6. The number of ether oxygens (including phenoxy) is 2. The summed E-state index contributed by atoms with van der Waals surface area (Å²) in [6.07, 6.45) is -0.579. The number of aryl methyl sites for hydroxylation is 2. The SMILES string of the molecule is COC(=O)c1ccc(OCC(O)CN2CCN(Cc3c(C)noc3C)CC2)cc1. The van der Waals surface area contributed by atoms with Crippen LogP contribution in [0.4, 0.5) is 0 Å². The number of carbonyl (C=O) groups is 1. The maximum atomic E-state index is 11.4. The van der Waals surface area contributed by atoms with Crippen LogP contribution in [0.15, 0.2) is 28.8 Å². The molecule has 1 aromatic heterocycles. The van der Waals surface area contributed by atoms with E-state index in [0.29, 0.717) is 17.9 Å². The molecule has 1 N–H and O–H groups in total. The van der Waals surface area contributed by atoms with Gasteiger partial charge in [-0.15, -0.1) is 0 Å². The average Bonchev–Trinajstić information content (AvgIpc) is 3.05. The fourth-order valence-electron chi connectivity index (χ4n) is 3.43. The van der Waals surface area contributed by atoms with Gasteiger partial charge in [0, 0.05) is 44.8 Å². The summed E-state index contributed by atoms with van der Waals surface area (Å²) in [6, 6.07) is 6.69. The number of benzene rings is 1. The highest BCUT2D eigenvalue weighted by Crippen LogP contribution is 2.17. The Bertz CT molecular complexity index is 778. The van der Waals surface area contributed by atoms with Gasteiger partial charge in [-0.2, -0.15) is 0 Å². The first-order chi connectivity index (χ1) is 14.0. The van der Waals surface area contributed by atoms with Crippen LogP contribution in [0.2, 0.25) is 0 Å². The average molecular weight is 403 g/mol. The van der Waals surface area contributed by atoms with E-state index in [1.807, 2.05) is 13.8 Å². The van der Waals surface area contributed by atoms with Crippen LogP contribution in [0.1, 0.15) is 27.4 Å². The van der Waals surface area contributed by atoms with Gasteiger partial charge in [-0.1, -0.05) is 5.16 Å². The fraction of sp³-hybridized carbons (Fsp3) is 0.524. The van der Waals surface area contributed by atoms with E-state index in [0.717, 1.165) is 44.2 Å². The maximum absolute atomic E-state index is 11.4. The molecular formula is C21H29N3O5. The van der Waals surface area contributed by atoms with E-state index in [2.05, 4.69) is 19.7 Å². The molecule has 1 aliphatic rings. The van der Waals surface area contributed by atoms with E-state index in [4.69, 9.17) is 9.26 Å². The zero-order valence-corrected chi connectivity index (χ0v) is 17.3. The minimum atomic E-state index is -0.579. The molecule has 158 valence electrons. The van der Waals surface area contributed by atoms with Crippen molar-refractivity contribution in [1.29, 1.82) is 0 Å². The second-order valence-corrected chi connectivity index (χ2v) is 7.36. The highest BCUT2D eigenvalue weighted by Gasteiger charge is 2.21. The molecule has 1 aromatic carbocycles. The molecule has 0 aliphatic carbocycles. The number of esters is 1. The number of hydrogen-bond acceptors (Lipinski definition) is 8. The number of methoxy groups -OCH3 is 1. The molecule has 2 aromatic rings. The minimum Gasteiger partial charge on any atom is -0.491 e. The molecule has 8 heteroatoms. The van der Waals surface area contributed by atoms with Gasteiger partial charge < -0.3 is 19.1 Å². The van der Waals surface area contributed by atoms with Crippen molar-refractivity contribution in [3.05, 3.63) is 46.8 Å². The number of aliphatic hydroxyl groups is 1. The molecule has 29 heavy (non-hydrogen) atoms. The summed E-state index contributed by atoms with van der Waals surface area (Å²) in [4.78, 5) is 16.1. The summed E-state index contributed by atoms with van der Waals surface area (Å²) in [6.45, 7) is 9.21. The van der Waals surface area contributed by atoms with Gasteiger partial charge in [-0.3, -0.25) is 9.80 Å². The summed E-state index contributed by atoms with van der Waals surface area (Å²) in [5.41, 5.74) is 2.59. The lowest BCUT2D eigenvalue weighted by molar-refractivity contribution is 0.0445. The van der Waals surface area contributed by atoms with Crippen LogP contribution in [0, 0.1) is 13.8 Å². The Balaban J connectivity index is 1.38. The molecule has 0 bridgehead atoms. The molecule has 2 heterocycles. The van der Waals surface area contributed by atoms with Crippen LogP contribution in [-0.2, 0) is 11.3 Å². The van der Waals surface area contributed by atoms with Crippen molar-refractivity contribution in [2.45, 2.75) is 26.5 Å². The second kappa shape index (κ2) is 9.87. The zero-order chi connectivity index (χ0) is 20.8. The molecule has 1 fully saturated rings. The lowest BCUT2D eigenvalue weighted by Crippen LogP contribution is -2.48. The Morgan fingerprint density at radius 3 is 2.41 bits per heavy atom. The van der Waals surface area contributed by atoms with Crippen molar-refractivity contribution in [2.75, 3.05) is 46.4 Å². The van der Waals surface area contributed by atoms with Gasteiger partial charge in [0.25, 0.3) is 0 Å². The van der Waals surface area contributed by atoms with E-state index in [1.165, 1.54) is 12.7 Å². The van der Waals surface area contributed by atoms with Crippen LogP contribution < -0.4 is 4.74 Å². The third kappa shape index (κ3) is 5.79. The standard InChI is InChI=1S/C21H29N3O5/c1-15-20(16(2)29-22-15)13-24-10-8-23(9-11-24)12-18(25)14-28-19-6-4-17(5-7-19)21(26)27-3/h4-7,18,25H,8-14H2,1-3H3. The first kappa shape index (κ1) is 21.3. The van der Waals surface area contributed by atoms with Gasteiger partial charge in [0.05, 0.1) is 18.4 Å². The van der Waals surface area contributed by atoms with E-state index < -0.39 is 6.10 Å². The lowest BCUT2D eigenvalue weighted by atomic mass is 10.1. The summed E-state index contributed by atoms with van der Waals surface area (Å²) in [5.74, 6) is 1.11. The van der Waals surface area contributed by atoms with E-state index >= 15 is 0 Å². The highest BCUT2D eigenvalue weighted by molar-refractivity contribution is 5.89. The van der Waals surface area contributed by atoms with E-state index in [1.54, 1.807) is 24.3 Å². The molecule has 1 unspecified atom stereocenters. The number of rotatable bonds is 8. The second-order valence-electron chi connectivity index (χ2n) is 7.36. The zero-order valence-electron chi connectivity index (χ0n) is 17.3. The van der Waals surface area contributed by atoms with Gasteiger partial charge in [-0.25, -0.2) is 4.79 Å². The Kier molecular flexibility index (Phi) is 7.24. The van der Waals surface area contributed by atoms with Crippen molar-refractivity contribution in [3.8, 4) is 5.75 Å². The summed E-state index contributed by atoms with van der Waals surface area (Å²) in [5, 5.41) is 14.3. The summed E-state index contributed by atoms with van der Waals surface area (Å²) in [7, 11) is 1.35. The molecule has 1 atom stereocenters. The van der Waals surface area contributed by atoms with Crippen LogP contribution >= 0.6 is 0 Å². The van der Waals surface area contributed by atoms with E-state index in [-0.39, 0.29) is 12.6 Å². The minimum absolute atomic E-state index is 0.205. The molecule has 8 nitrogen and oxygen atoms in total. The van der Waals surface area contributed by atoms with Gasteiger partial charge in [0.15, 0.2) is 0 Å². The molecule has 0 radical (unpaired) electrons. The Morgan fingerprint density at radius 1 is 1.17 bits per heavy atom. The number of hydrogen-bond donors (Lipinski definition) is 1. The third-order valence-electron chi connectivity index (χ3n) is 5.21. The van der Waals surface area contributed by atoms with Crippen LogP contribution in [0.25, 0.3) is 0 Å². The Labute approximate surface area is 171 Å². The van der Waals surface area contributed by atoms with Crippen LogP contribution in [0.3, 0.4) is 0 Å². The van der Waals surface area contributed by atoms with Crippen LogP contribution in [0.5, 0.6) is 5.75 Å². The molecule has 0 saturated carbocycles. The van der Waals surface area contributed by atoms with E-state index in [9.17, 15) is 9.90 Å². The largest absolute Gasteiger partial charge is 0.491 e. The summed E-state index contributed by atoms with van der Waals surface area (Å²) >= 11 is 0. The quantitative estimate of drug-likeness (QED) is 0.666. The van der Waals surface area contributed by atoms with Crippen molar-refractivity contribution >= 4 is 5.97 Å². The molecule has 0 spiro atoms. The van der Waals surface area contributed by atoms with Gasteiger partial charge in [0.2, 0.25) is 0 Å². The molecule has 1 saturated heterocycles. The van der Waals surface area contributed by atoms with Crippen molar-refractivity contribution in [3.63, 3.8) is 0 Å². The number of piperazine rings is 1. The topological polar surface area (TPSA) is 88.3 Å². The monoisotopic (exact) mass is 403 g/mol. The Hall–Kier alpha value is -2.42. The number of nitrogens with zero attached hydrogens (tertiary/aromatic N) is 3. The first-order valence-electron chi connectivity index (χ1n) is 9.82. The lowest BCUT2D eigenvalue weighted by Gasteiger charge is -2.35. The number of aliphatic hydroxyl groups excluding tert-OH is 1. The first-order valence-corrected chi connectivity index (χ1v) is 9.82. The third-order valence-corrected chi connectivity index (χ3v) is 5.21. The number of aromatic nitrogens is 1.